The number of amides is 2. The van der Waals surface area contributed by atoms with Crippen LogP contribution in [0.3, 0.4) is 0 Å². The topological polar surface area (TPSA) is 80.1 Å². The van der Waals surface area contributed by atoms with E-state index in [0.29, 0.717) is 18.5 Å². The molecule has 1 aliphatic rings. The van der Waals surface area contributed by atoms with Crippen molar-refractivity contribution in [1.29, 1.82) is 0 Å². The van der Waals surface area contributed by atoms with Gasteiger partial charge < -0.3 is 10.2 Å². The smallest absolute Gasteiger partial charge is 0.251 e. The molecule has 1 saturated heterocycles. The number of carbonyl (C=O) groups is 2. The highest BCUT2D eigenvalue weighted by Gasteiger charge is 2.22. The Hall–Kier alpha value is -3.48. The van der Waals surface area contributed by atoms with Crippen LogP contribution in [-0.2, 0) is 4.79 Å². The minimum Gasteiger partial charge on any atom is -0.346 e. The van der Waals surface area contributed by atoms with Crippen LogP contribution in [0.5, 0.6) is 0 Å². The van der Waals surface area contributed by atoms with E-state index in [9.17, 15) is 9.59 Å². The van der Waals surface area contributed by atoms with Crippen molar-refractivity contribution in [1.82, 2.24) is 20.1 Å². The third kappa shape index (κ3) is 3.64. The predicted molar refractivity (Wildman–Crippen MR) is 105 cm³/mol. The number of rotatable bonds is 5. The molecule has 2 aromatic carbocycles. The molecule has 0 saturated carbocycles. The normalized spacial score (nSPS) is 14.9. The lowest BCUT2D eigenvalue weighted by molar-refractivity contribution is -0.117. The van der Waals surface area contributed by atoms with Crippen molar-refractivity contribution >= 4 is 17.5 Å². The molecule has 1 aliphatic heterocycles. The SMILES string of the molecule is CC(NC(=O)c1cccc(N2CCCC2=O)c1)c1ccc(-n2cncn2)cc1. The zero-order chi connectivity index (χ0) is 19.5. The molecule has 142 valence electrons. The summed E-state index contributed by atoms with van der Waals surface area (Å²) >= 11 is 0. The molecule has 1 unspecified atom stereocenters. The fourth-order valence-corrected chi connectivity index (χ4v) is 3.36. The average Bonchev–Trinajstić information content (AvgIpc) is 3.40. The fourth-order valence-electron chi connectivity index (χ4n) is 3.36. The molecule has 2 amide bonds. The number of anilines is 1. The summed E-state index contributed by atoms with van der Waals surface area (Å²) in [7, 11) is 0. The van der Waals surface area contributed by atoms with Crippen LogP contribution in [0, 0.1) is 0 Å². The Morgan fingerprint density at radius 3 is 2.64 bits per heavy atom. The van der Waals surface area contributed by atoms with Gasteiger partial charge in [-0.15, -0.1) is 0 Å². The maximum atomic E-state index is 12.7. The maximum absolute atomic E-state index is 12.7. The van der Waals surface area contributed by atoms with Crippen LogP contribution in [0.25, 0.3) is 5.69 Å². The molecule has 0 radical (unpaired) electrons. The Morgan fingerprint density at radius 1 is 1.14 bits per heavy atom. The second-order valence-corrected chi connectivity index (χ2v) is 6.83. The van der Waals surface area contributed by atoms with Crippen molar-refractivity contribution in [3.8, 4) is 5.69 Å². The molecule has 1 atom stereocenters. The Morgan fingerprint density at radius 2 is 1.96 bits per heavy atom. The van der Waals surface area contributed by atoms with Gasteiger partial charge in [0.2, 0.25) is 5.91 Å². The summed E-state index contributed by atoms with van der Waals surface area (Å²) in [5, 5.41) is 7.12. The Bertz CT molecular complexity index is 982. The Labute approximate surface area is 163 Å². The lowest BCUT2D eigenvalue weighted by Gasteiger charge is -2.18. The van der Waals surface area contributed by atoms with Gasteiger partial charge in [-0.3, -0.25) is 9.59 Å². The first-order chi connectivity index (χ1) is 13.6. The van der Waals surface area contributed by atoms with Gasteiger partial charge in [-0.2, -0.15) is 5.10 Å². The van der Waals surface area contributed by atoms with E-state index in [1.165, 1.54) is 6.33 Å². The highest BCUT2D eigenvalue weighted by Crippen LogP contribution is 2.23. The van der Waals surface area contributed by atoms with Crippen LogP contribution >= 0.6 is 0 Å². The third-order valence-corrected chi connectivity index (χ3v) is 4.92. The van der Waals surface area contributed by atoms with Crippen LogP contribution in [0.2, 0.25) is 0 Å². The second kappa shape index (κ2) is 7.64. The van der Waals surface area contributed by atoms with Gasteiger partial charge in [0, 0.05) is 24.2 Å². The third-order valence-electron chi connectivity index (χ3n) is 4.92. The van der Waals surface area contributed by atoms with Gasteiger partial charge in [0.25, 0.3) is 5.91 Å². The molecule has 28 heavy (non-hydrogen) atoms. The summed E-state index contributed by atoms with van der Waals surface area (Å²) in [6, 6.07) is 14.9. The monoisotopic (exact) mass is 375 g/mol. The molecule has 0 spiro atoms. The van der Waals surface area contributed by atoms with Gasteiger partial charge in [0.05, 0.1) is 11.7 Å². The van der Waals surface area contributed by atoms with E-state index in [4.69, 9.17) is 0 Å². The summed E-state index contributed by atoms with van der Waals surface area (Å²) in [4.78, 5) is 30.3. The van der Waals surface area contributed by atoms with Gasteiger partial charge in [-0.25, -0.2) is 9.67 Å². The van der Waals surface area contributed by atoms with Crippen LogP contribution in [0.4, 0.5) is 5.69 Å². The lowest BCUT2D eigenvalue weighted by atomic mass is 10.1. The summed E-state index contributed by atoms with van der Waals surface area (Å²) < 4.78 is 1.68. The number of nitrogens with one attached hydrogen (secondary N) is 1. The first kappa shape index (κ1) is 17.9. The number of carbonyl (C=O) groups excluding carboxylic acids is 2. The highest BCUT2D eigenvalue weighted by molar-refractivity contribution is 5.99. The molecule has 1 aromatic heterocycles. The van der Waals surface area contributed by atoms with Crippen molar-refractivity contribution in [2.75, 3.05) is 11.4 Å². The van der Waals surface area contributed by atoms with Crippen LogP contribution in [-0.4, -0.2) is 33.1 Å². The van der Waals surface area contributed by atoms with Crippen molar-refractivity contribution in [3.63, 3.8) is 0 Å². The first-order valence-corrected chi connectivity index (χ1v) is 9.28. The van der Waals surface area contributed by atoms with Gasteiger partial charge >= 0.3 is 0 Å². The fraction of sp³-hybridized carbons (Fsp3) is 0.238. The first-order valence-electron chi connectivity index (χ1n) is 9.28. The van der Waals surface area contributed by atoms with Crippen LogP contribution < -0.4 is 10.2 Å². The van der Waals surface area contributed by atoms with Crippen LogP contribution in [0.15, 0.2) is 61.2 Å². The predicted octanol–water partition coefficient (Wildman–Crippen LogP) is 2.89. The number of hydrogen-bond acceptors (Lipinski definition) is 4. The van der Waals surface area contributed by atoms with E-state index in [1.807, 2.05) is 43.3 Å². The number of hydrogen-bond donors (Lipinski definition) is 1. The lowest BCUT2D eigenvalue weighted by Crippen LogP contribution is -2.28. The number of nitrogens with zero attached hydrogens (tertiary/aromatic N) is 4. The quantitative estimate of drug-likeness (QED) is 0.744. The number of benzene rings is 2. The van der Waals surface area contributed by atoms with E-state index in [1.54, 1.807) is 28.0 Å². The molecule has 7 nitrogen and oxygen atoms in total. The van der Waals surface area contributed by atoms with Crippen molar-refractivity contribution in [2.24, 2.45) is 0 Å². The minimum atomic E-state index is -0.165. The summed E-state index contributed by atoms with van der Waals surface area (Å²) in [6.45, 7) is 2.65. The van der Waals surface area contributed by atoms with Crippen molar-refractivity contribution in [2.45, 2.75) is 25.8 Å². The Balaban J connectivity index is 1.45. The van der Waals surface area contributed by atoms with E-state index in [2.05, 4.69) is 15.4 Å². The van der Waals surface area contributed by atoms with E-state index in [0.717, 1.165) is 23.4 Å². The molecule has 2 heterocycles. The zero-order valence-corrected chi connectivity index (χ0v) is 15.6. The van der Waals surface area contributed by atoms with Gasteiger partial charge in [-0.1, -0.05) is 18.2 Å². The molecule has 0 bridgehead atoms. The Kier molecular flexibility index (Phi) is 4.89. The van der Waals surface area contributed by atoms with E-state index in [-0.39, 0.29) is 17.9 Å². The van der Waals surface area contributed by atoms with Crippen molar-refractivity contribution in [3.05, 3.63) is 72.3 Å². The standard InChI is InChI=1S/C21H21N5O2/c1-15(16-7-9-18(10-8-16)26-14-22-13-23-26)24-21(28)17-4-2-5-19(12-17)25-11-3-6-20(25)27/h2,4-5,7-10,12-15H,3,6,11H2,1H3,(H,24,28). The maximum Gasteiger partial charge on any atom is 0.251 e. The molecule has 4 rings (SSSR count). The van der Waals surface area contributed by atoms with Gasteiger partial charge in [-0.05, 0) is 49.2 Å². The molecule has 3 aromatic rings. The largest absolute Gasteiger partial charge is 0.346 e. The molecule has 1 N–H and O–H groups in total. The van der Waals surface area contributed by atoms with Gasteiger partial charge in [0.15, 0.2) is 0 Å². The zero-order valence-electron chi connectivity index (χ0n) is 15.6. The molecule has 0 aliphatic carbocycles. The molecule has 1 fully saturated rings. The van der Waals surface area contributed by atoms with E-state index < -0.39 is 0 Å². The minimum absolute atomic E-state index is 0.110. The summed E-state index contributed by atoms with van der Waals surface area (Å²) in [5.74, 6) is -0.0558. The summed E-state index contributed by atoms with van der Waals surface area (Å²) in [6.07, 6.45) is 4.55. The highest BCUT2D eigenvalue weighted by atomic mass is 16.2. The second-order valence-electron chi connectivity index (χ2n) is 6.83. The van der Waals surface area contributed by atoms with E-state index >= 15 is 0 Å². The molecular weight excluding hydrogens is 354 g/mol. The van der Waals surface area contributed by atoms with Gasteiger partial charge in [0.1, 0.15) is 12.7 Å². The van der Waals surface area contributed by atoms with Crippen molar-refractivity contribution < 1.29 is 9.59 Å². The molecular formula is C21H21N5O2. The molecule has 7 heteroatoms. The van der Waals surface area contributed by atoms with Crippen LogP contribution in [0.1, 0.15) is 41.7 Å². The number of aromatic nitrogens is 3. The summed E-state index contributed by atoms with van der Waals surface area (Å²) in [5.41, 5.74) is 3.22. The average molecular weight is 375 g/mol.